The Morgan fingerprint density at radius 2 is 2.17 bits per heavy atom. The standard InChI is InChI=1S/C16H26N4O2S/c1-16(2,3)22-15(21)20-8-5-12(11-20)9-17-10-13-14(23-4)19-7-6-18-13/h6-7,12,17H,5,8-11H2,1-4H3/t12-/m1/s1. The summed E-state index contributed by atoms with van der Waals surface area (Å²) in [6.45, 7) is 8.76. The van der Waals surface area contributed by atoms with Crippen molar-refractivity contribution in [3.63, 3.8) is 0 Å². The maximum atomic E-state index is 12.0. The second kappa shape index (κ2) is 7.97. The molecule has 128 valence electrons. The van der Waals surface area contributed by atoms with Crippen LogP contribution in [0.4, 0.5) is 4.79 Å². The molecule has 2 heterocycles. The van der Waals surface area contributed by atoms with Crippen LogP contribution in [0.15, 0.2) is 17.4 Å². The maximum Gasteiger partial charge on any atom is 0.410 e. The maximum absolute atomic E-state index is 12.0. The van der Waals surface area contributed by atoms with Gasteiger partial charge in [-0.05, 0) is 39.4 Å². The van der Waals surface area contributed by atoms with Gasteiger partial charge < -0.3 is 15.0 Å². The Bertz CT molecular complexity index is 533. The number of rotatable bonds is 5. The van der Waals surface area contributed by atoms with Crippen LogP contribution in [0.5, 0.6) is 0 Å². The van der Waals surface area contributed by atoms with Gasteiger partial charge in [-0.3, -0.25) is 4.98 Å². The third-order valence-corrected chi connectivity index (χ3v) is 4.32. The van der Waals surface area contributed by atoms with Gasteiger partial charge in [-0.1, -0.05) is 0 Å². The number of carbonyl (C=O) groups excluding carboxylic acids is 1. The zero-order valence-electron chi connectivity index (χ0n) is 14.3. The predicted octanol–water partition coefficient (Wildman–Crippen LogP) is 2.55. The number of hydrogen-bond acceptors (Lipinski definition) is 6. The minimum absolute atomic E-state index is 0.210. The summed E-state index contributed by atoms with van der Waals surface area (Å²) < 4.78 is 5.42. The van der Waals surface area contributed by atoms with Crippen LogP contribution < -0.4 is 5.32 Å². The first-order chi connectivity index (χ1) is 10.9. The van der Waals surface area contributed by atoms with Crippen molar-refractivity contribution in [1.29, 1.82) is 0 Å². The van der Waals surface area contributed by atoms with Crippen LogP contribution in [-0.4, -0.2) is 52.5 Å². The summed E-state index contributed by atoms with van der Waals surface area (Å²) in [5.74, 6) is 0.455. The zero-order valence-corrected chi connectivity index (χ0v) is 15.2. The molecular formula is C16H26N4O2S. The number of nitrogens with zero attached hydrogens (tertiary/aromatic N) is 3. The van der Waals surface area contributed by atoms with E-state index in [1.54, 1.807) is 29.1 Å². The van der Waals surface area contributed by atoms with Gasteiger partial charge in [0.2, 0.25) is 0 Å². The minimum atomic E-state index is -0.437. The largest absolute Gasteiger partial charge is 0.444 e. The number of hydrogen-bond donors (Lipinski definition) is 1. The molecular weight excluding hydrogens is 312 g/mol. The lowest BCUT2D eigenvalue weighted by Gasteiger charge is -2.24. The highest BCUT2D eigenvalue weighted by Gasteiger charge is 2.29. The van der Waals surface area contributed by atoms with E-state index in [0.29, 0.717) is 12.5 Å². The van der Waals surface area contributed by atoms with Crippen LogP contribution in [0.1, 0.15) is 32.9 Å². The van der Waals surface area contributed by atoms with E-state index in [-0.39, 0.29) is 6.09 Å². The number of carbonyl (C=O) groups is 1. The number of thioether (sulfide) groups is 1. The van der Waals surface area contributed by atoms with Crippen LogP contribution >= 0.6 is 11.8 Å². The molecule has 1 atom stereocenters. The summed E-state index contributed by atoms with van der Waals surface area (Å²) in [5, 5.41) is 4.39. The van der Waals surface area contributed by atoms with Crippen molar-refractivity contribution < 1.29 is 9.53 Å². The molecule has 0 spiro atoms. The van der Waals surface area contributed by atoms with E-state index in [1.807, 2.05) is 27.0 Å². The Kier molecular flexibility index (Phi) is 6.24. The lowest BCUT2D eigenvalue weighted by atomic mass is 10.1. The summed E-state index contributed by atoms with van der Waals surface area (Å²) in [6.07, 6.45) is 6.23. The van der Waals surface area contributed by atoms with Gasteiger partial charge in [0, 0.05) is 38.6 Å². The molecule has 7 heteroatoms. The Morgan fingerprint density at radius 3 is 2.87 bits per heavy atom. The molecule has 1 aliphatic rings. The topological polar surface area (TPSA) is 67.4 Å². The third kappa shape index (κ3) is 5.66. The van der Waals surface area contributed by atoms with Gasteiger partial charge in [0.15, 0.2) is 0 Å². The number of likely N-dealkylation sites (tertiary alicyclic amines) is 1. The Balaban J connectivity index is 1.75. The molecule has 1 amide bonds. The molecule has 0 unspecified atom stereocenters. The van der Waals surface area contributed by atoms with Crippen LogP contribution in [-0.2, 0) is 11.3 Å². The highest BCUT2D eigenvalue weighted by atomic mass is 32.2. The molecule has 1 N–H and O–H groups in total. The summed E-state index contributed by atoms with van der Waals surface area (Å²) in [5.41, 5.74) is 0.537. The van der Waals surface area contributed by atoms with Crippen LogP contribution in [0.25, 0.3) is 0 Å². The first kappa shape index (κ1) is 18.0. The number of aromatic nitrogens is 2. The van der Waals surface area contributed by atoms with Gasteiger partial charge in [0.25, 0.3) is 0 Å². The van der Waals surface area contributed by atoms with E-state index < -0.39 is 5.60 Å². The molecule has 1 fully saturated rings. The minimum Gasteiger partial charge on any atom is -0.444 e. The van der Waals surface area contributed by atoms with E-state index in [2.05, 4.69) is 15.3 Å². The fraction of sp³-hybridized carbons (Fsp3) is 0.688. The molecule has 0 aliphatic carbocycles. The molecule has 6 nitrogen and oxygen atoms in total. The molecule has 23 heavy (non-hydrogen) atoms. The number of amides is 1. The van der Waals surface area contributed by atoms with Crippen molar-refractivity contribution in [1.82, 2.24) is 20.2 Å². The first-order valence-electron chi connectivity index (χ1n) is 7.91. The number of nitrogens with one attached hydrogen (secondary N) is 1. The lowest BCUT2D eigenvalue weighted by Crippen LogP contribution is -2.36. The van der Waals surface area contributed by atoms with Gasteiger partial charge >= 0.3 is 6.09 Å². The second-order valence-electron chi connectivity index (χ2n) is 6.72. The van der Waals surface area contributed by atoms with Crippen LogP contribution in [0.2, 0.25) is 0 Å². The quantitative estimate of drug-likeness (QED) is 0.832. The highest BCUT2D eigenvalue weighted by molar-refractivity contribution is 7.98. The van der Waals surface area contributed by atoms with Gasteiger partial charge in [0.1, 0.15) is 10.6 Å². The van der Waals surface area contributed by atoms with E-state index in [4.69, 9.17) is 4.74 Å². The smallest absolute Gasteiger partial charge is 0.410 e. The highest BCUT2D eigenvalue weighted by Crippen LogP contribution is 2.19. The number of ether oxygens (including phenoxy) is 1. The van der Waals surface area contributed by atoms with Crippen molar-refractivity contribution in [2.45, 2.75) is 44.4 Å². The van der Waals surface area contributed by atoms with E-state index in [1.165, 1.54) is 0 Å². The Hall–Kier alpha value is -1.34. The van der Waals surface area contributed by atoms with E-state index >= 15 is 0 Å². The summed E-state index contributed by atoms with van der Waals surface area (Å²) in [6, 6.07) is 0. The molecule has 0 bridgehead atoms. The summed E-state index contributed by atoms with van der Waals surface area (Å²) in [4.78, 5) is 22.5. The molecule has 1 aliphatic heterocycles. The molecule has 1 saturated heterocycles. The molecule has 0 saturated carbocycles. The van der Waals surface area contributed by atoms with Crippen molar-refractivity contribution in [2.75, 3.05) is 25.9 Å². The normalized spacial score (nSPS) is 18.3. The van der Waals surface area contributed by atoms with Gasteiger partial charge in [0.05, 0.1) is 5.69 Å². The van der Waals surface area contributed by atoms with Gasteiger partial charge in [-0.25, -0.2) is 9.78 Å². The van der Waals surface area contributed by atoms with Crippen molar-refractivity contribution in [3.05, 3.63) is 18.1 Å². The first-order valence-corrected chi connectivity index (χ1v) is 9.14. The molecule has 1 aromatic heterocycles. The zero-order chi connectivity index (χ0) is 16.9. The fourth-order valence-electron chi connectivity index (χ4n) is 2.53. The van der Waals surface area contributed by atoms with Gasteiger partial charge in [-0.15, -0.1) is 11.8 Å². The van der Waals surface area contributed by atoms with Gasteiger partial charge in [-0.2, -0.15) is 0 Å². The van der Waals surface area contributed by atoms with Crippen molar-refractivity contribution >= 4 is 17.9 Å². The lowest BCUT2D eigenvalue weighted by molar-refractivity contribution is 0.0288. The summed E-state index contributed by atoms with van der Waals surface area (Å²) in [7, 11) is 0. The SMILES string of the molecule is CSc1nccnc1CNC[C@H]1CCN(C(=O)OC(C)(C)C)C1. The third-order valence-electron chi connectivity index (χ3n) is 3.59. The molecule has 0 aromatic carbocycles. The van der Waals surface area contributed by atoms with Crippen LogP contribution in [0.3, 0.4) is 0 Å². The van der Waals surface area contributed by atoms with Crippen molar-refractivity contribution in [3.8, 4) is 0 Å². The Morgan fingerprint density at radius 1 is 1.43 bits per heavy atom. The Labute approximate surface area is 142 Å². The predicted molar refractivity (Wildman–Crippen MR) is 91.4 cm³/mol. The molecule has 0 radical (unpaired) electrons. The fourth-order valence-corrected chi connectivity index (χ4v) is 3.06. The monoisotopic (exact) mass is 338 g/mol. The summed E-state index contributed by atoms with van der Waals surface area (Å²) >= 11 is 1.60. The van der Waals surface area contributed by atoms with Crippen molar-refractivity contribution in [2.24, 2.45) is 5.92 Å². The average molecular weight is 338 g/mol. The van der Waals surface area contributed by atoms with E-state index in [0.717, 1.165) is 36.8 Å². The average Bonchev–Trinajstić information content (AvgIpc) is 2.95. The second-order valence-corrected chi connectivity index (χ2v) is 7.52. The molecule has 1 aromatic rings. The molecule has 2 rings (SSSR count). The van der Waals surface area contributed by atoms with Crippen LogP contribution in [0, 0.1) is 5.92 Å². The van der Waals surface area contributed by atoms with E-state index in [9.17, 15) is 4.79 Å².